The summed E-state index contributed by atoms with van der Waals surface area (Å²) >= 11 is 6.19. The maximum absolute atomic E-state index is 13.2. The largest absolute Gasteiger partial charge is 0.492 e. The fourth-order valence-corrected chi connectivity index (χ4v) is 4.71. The van der Waals surface area contributed by atoms with Crippen molar-refractivity contribution < 1.29 is 13.2 Å². The third-order valence-corrected chi connectivity index (χ3v) is 6.34. The number of anilines is 1. The minimum Gasteiger partial charge on any atom is -0.492 e. The van der Waals surface area contributed by atoms with Crippen LogP contribution >= 0.6 is 11.6 Å². The van der Waals surface area contributed by atoms with Gasteiger partial charge in [0.15, 0.2) is 0 Å². The molecule has 0 aromatic heterocycles. The van der Waals surface area contributed by atoms with E-state index < -0.39 is 10.0 Å². The highest BCUT2D eigenvalue weighted by atomic mass is 35.5. The molecule has 0 amide bonds. The second-order valence-corrected chi connectivity index (χ2v) is 8.09. The first-order valence-corrected chi connectivity index (χ1v) is 9.80. The Morgan fingerprint density at radius 3 is 2.75 bits per heavy atom. The molecule has 0 unspecified atom stereocenters. The first kappa shape index (κ1) is 17.1. The van der Waals surface area contributed by atoms with E-state index in [1.807, 2.05) is 38.1 Å². The van der Waals surface area contributed by atoms with Crippen molar-refractivity contribution in [3.63, 3.8) is 0 Å². The van der Waals surface area contributed by atoms with E-state index in [1.165, 1.54) is 10.4 Å². The molecule has 24 heavy (non-hydrogen) atoms. The van der Waals surface area contributed by atoms with E-state index in [1.54, 1.807) is 6.07 Å². The molecule has 3 rings (SSSR count). The van der Waals surface area contributed by atoms with Crippen LogP contribution in [0, 0.1) is 6.92 Å². The number of ether oxygens (including phenoxy) is 1. The van der Waals surface area contributed by atoms with Crippen LogP contribution in [0.1, 0.15) is 24.5 Å². The van der Waals surface area contributed by atoms with Gasteiger partial charge in [0.05, 0.1) is 12.3 Å². The highest BCUT2D eigenvalue weighted by Crippen LogP contribution is 2.37. The maximum Gasteiger partial charge on any atom is 0.268 e. The Hall–Kier alpha value is -1.72. The van der Waals surface area contributed by atoms with Crippen molar-refractivity contribution in [1.29, 1.82) is 0 Å². The van der Waals surface area contributed by atoms with Gasteiger partial charge in [0.25, 0.3) is 10.0 Å². The lowest BCUT2D eigenvalue weighted by Crippen LogP contribution is -2.29. The van der Waals surface area contributed by atoms with Crippen LogP contribution in [0.15, 0.2) is 41.3 Å². The van der Waals surface area contributed by atoms with Gasteiger partial charge >= 0.3 is 0 Å². The molecule has 0 aliphatic carbocycles. The fraction of sp³-hybridized carbons (Fsp3) is 0.333. The van der Waals surface area contributed by atoms with Crippen molar-refractivity contribution in [2.24, 2.45) is 0 Å². The zero-order valence-corrected chi connectivity index (χ0v) is 15.3. The molecule has 0 fully saturated rings. The Bertz CT molecular complexity index is 865. The summed E-state index contributed by atoms with van der Waals surface area (Å²) in [7, 11) is -3.73. The summed E-state index contributed by atoms with van der Waals surface area (Å²) in [5, 5.41) is 0.421. The van der Waals surface area contributed by atoms with Gasteiger partial charge in [-0.2, -0.15) is 0 Å². The predicted octanol–water partition coefficient (Wildman–Crippen LogP) is 4.19. The number of aryl methyl sites for hydroxylation is 1. The fourth-order valence-electron chi connectivity index (χ4n) is 2.84. The smallest absolute Gasteiger partial charge is 0.268 e. The number of halogens is 1. The Labute approximate surface area is 148 Å². The van der Waals surface area contributed by atoms with Crippen LogP contribution in [-0.4, -0.2) is 21.6 Å². The number of benzene rings is 2. The molecule has 0 N–H and O–H groups in total. The summed E-state index contributed by atoms with van der Waals surface area (Å²) in [6.07, 6.45) is 1.51. The van der Waals surface area contributed by atoms with Crippen LogP contribution in [0.5, 0.6) is 5.75 Å². The molecule has 0 radical (unpaired) electrons. The first-order chi connectivity index (χ1) is 11.4. The molecule has 0 saturated heterocycles. The van der Waals surface area contributed by atoms with E-state index in [0.29, 0.717) is 30.3 Å². The summed E-state index contributed by atoms with van der Waals surface area (Å²) in [6, 6.07) is 10.8. The summed E-state index contributed by atoms with van der Waals surface area (Å²) in [6.45, 7) is 4.71. The number of para-hydroxylation sites is 1. The Morgan fingerprint density at radius 1 is 1.25 bits per heavy atom. The molecule has 0 spiro atoms. The minimum absolute atomic E-state index is 0.128. The molecule has 1 aliphatic heterocycles. The highest BCUT2D eigenvalue weighted by molar-refractivity contribution is 7.93. The lowest BCUT2D eigenvalue weighted by atomic mass is 10.2. The zero-order valence-electron chi connectivity index (χ0n) is 13.8. The first-order valence-electron chi connectivity index (χ1n) is 7.98. The highest BCUT2D eigenvalue weighted by Gasteiger charge is 2.33. The van der Waals surface area contributed by atoms with Gasteiger partial charge in [-0.1, -0.05) is 36.7 Å². The van der Waals surface area contributed by atoms with Gasteiger partial charge in [0.1, 0.15) is 10.6 Å². The standard InChI is InChI=1S/C18H20ClNO3S/c1-3-10-23-17-11-13(2)15(19)12-18(17)24(21,22)20-9-8-14-6-4-5-7-16(14)20/h4-7,11-12H,3,8-10H2,1-2H3. The lowest BCUT2D eigenvalue weighted by Gasteiger charge is -2.22. The second-order valence-electron chi connectivity index (χ2n) is 5.85. The molecule has 6 heteroatoms. The number of fused-ring (bicyclic) bond motifs is 1. The van der Waals surface area contributed by atoms with Gasteiger partial charge in [0, 0.05) is 11.6 Å². The maximum atomic E-state index is 13.2. The normalized spacial score (nSPS) is 13.9. The molecule has 4 nitrogen and oxygen atoms in total. The molecule has 1 aliphatic rings. The Morgan fingerprint density at radius 2 is 2.00 bits per heavy atom. The minimum atomic E-state index is -3.73. The summed E-state index contributed by atoms with van der Waals surface area (Å²) in [4.78, 5) is 0.128. The molecule has 0 saturated carbocycles. The predicted molar refractivity (Wildman–Crippen MR) is 96.7 cm³/mol. The Balaban J connectivity index is 2.09. The van der Waals surface area contributed by atoms with E-state index in [2.05, 4.69) is 0 Å². The van der Waals surface area contributed by atoms with Crippen molar-refractivity contribution in [2.45, 2.75) is 31.6 Å². The molecular formula is C18H20ClNO3S. The number of hydrogen-bond donors (Lipinski definition) is 0. The van der Waals surface area contributed by atoms with E-state index in [-0.39, 0.29) is 4.90 Å². The number of hydrogen-bond acceptors (Lipinski definition) is 3. The van der Waals surface area contributed by atoms with Crippen LogP contribution in [0.25, 0.3) is 0 Å². The molecule has 128 valence electrons. The molecule has 0 atom stereocenters. The average Bonchev–Trinajstić information content (AvgIpc) is 3.00. The van der Waals surface area contributed by atoms with E-state index in [9.17, 15) is 8.42 Å². The lowest BCUT2D eigenvalue weighted by molar-refractivity contribution is 0.309. The topological polar surface area (TPSA) is 46.6 Å². The Kier molecular flexibility index (Phi) is 4.74. The van der Waals surface area contributed by atoms with Crippen molar-refractivity contribution in [1.82, 2.24) is 0 Å². The zero-order chi connectivity index (χ0) is 17.3. The quantitative estimate of drug-likeness (QED) is 0.798. The van der Waals surface area contributed by atoms with Gasteiger partial charge in [-0.15, -0.1) is 0 Å². The molecule has 2 aromatic rings. The SMILES string of the molecule is CCCOc1cc(C)c(Cl)cc1S(=O)(=O)N1CCc2ccccc21. The van der Waals surface area contributed by atoms with E-state index >= 15 is 0 Å². The van der Waals surface area contributed by atoms with E-state index in [4.69, 9.17) is 16.3 Å². The second kappa shape index (κ2) is 6.65. The van der Waals surface area contributed by atoms with Gasteiger partial charge in [-0.3, -0.25) is 4.31 Å². The van der Waals surface area contributed by atoms with Crippen molar-refractivity contribution in [3.8, 4) is 5.75 Å². The van der Waals surface area contributed by atoms with E-state index in [0.717, 1.165) is 23.2 Å². The number of sulfonamides is 1. The van der Waals surface area contributed by atoms with Crippen molar-refractivity contribution >= 4 is 27.3 Å². The summed E-state index contributed by atoms with van der Waals surface area (Å²) < 4.78 is 33.6. The van der Waals surface area contributed by atoms with Gasteiger partial charge in [-0.05, 0) is 49.1 Å². The van der Waals surface area contributed by atoms with Gasteiger partial charge in [-0.25, -0.2) is 8.42 Å². The van der Waals surface area contributed by atoms with Crippen molar-refractivity contribution in [2.75, 3.05) is 17.5 Å². The molecule has 1 heterocycles. The monoisotopic (exact) mass is 365 g/mol. The number of nitrogens with zero attached hydrogens (tertiary/aromatic N) is 1. The third-order valence-electron chi connectivity index (χ3n) is 4.10. The molecule has 2 aromatic carbocycles. The average molecular weight is 366 g/mol. The summed E-state index contributed by atoms with van der Waals surface area (Å²) in [5.74, 6) is 0.364. The molecular weight excluding hydrogens is 346 g/mol. The third kappa shape index (κ3) is 2.98. The summed E-state index contributed by atoms with van der Waals surface area (Å²) in [5.41, 5.74) is 2.56. The van der Waals surface area contributed by atoms with Crippen LogP contribution in [-0.2, 0) is 16.4 Å². The van der Waals surface area contributed by atoms with Gasteiger partial charge < -0.3 is 4.74 Å². The van der Waals surface area contributed by atoms with Crippen LogP contribution in [0.4, 0.5) is 5.69 Å². The molecule has 0 bridgehead atoms. The van der Waals surface area contributed by atoms with Crippen molar-refractivity contribution in [3.05, 3.63) is 52.5 Å². The van der Waals surface area contributed by atoms with Gasteiger partial charge in [0.2, 0.25) is 0 Å². The van der Waals surface area contributed by atoms with Crippen LogP contribution in [0.3, 0.4) is 0 Å². The van der Waals surface area contributed by atoms with Crippen LogP contribution < -0.4 is 9.04 Å². The van der Waals surface area contributed by atoms with Crippen LogP contribution in [0.2, 0.25) is 5.02 Å². The number of rotatable bonds is 5.